The van der Waals surface area contributed by atoms with Gasteiger partial charge in [0.25, 0.3) is 0 Å². The Morgan fingerprint density at radius 2 is 1.84 bits per heavy atom. The summed E-state index contributed by atoms with van der Waals surface area (Å²) < 4.78 is 28.0. The van der Waals surface area contributed by atoms with Crippen molar-refractivity contribution < 1.29 is 27.8 Å². The van der Waals surface area contributed by atoms with E-state index in [0.717, 1.165) is 48.0 Å². The van der Waals surface area contributed by atoms with Crippen LogP contribution in [0.25, 0.3) is 33.4 Å². The quantitative estimate of drug-likeness (QED) is 0.0643. The van der Waals surface area contributed by atoms with Crippen molar-refractivity contribution in [3.05, 3.63) is 60.2 Å². The predicted molar refractivity (Wildman–Crippen MR) is 173 cm³/mol. The van der Waals surface area contributed by atoms with Crippen molar-refractivity contribution in [2.75, 3.05) is 64.0 Å². The molecule has 0 atom stereocenters. The number of nitrogens with one attached hydrogen (secondary N) is 1. The van der Waals surface area contributed by atoms with E-state index < -0.39 is 6.09 Å². The zero-order valence-corrected chi connectivity index (χ0v) is 26.3. The molecule has 1 amide bonds. The topological polar surface area (TPSA) is 123 Å². The number of anilines is 1. The molecule has 3 aromatic heterocycles. The molecular weight excluding hydrogens is 604 g/mol. The van der Waals surface area contributed by atoms with Crippen LogP contribution in [0.5, 0.6) is 0 Å². The van der Waals surface area contributed by atoms with Gasteiger partial charge in [-0.3, -0.25) is 0 Å². The number of unbranched alkanes of at least 4 members (excludes halogenated alkanes) is 3. The highest BCUT2D eigenvalue weighted by Gasteiger charge is 2.14. The number of alkyl halides is 1. The van der Waals surface area contributed by atoms with Gasteiger partial charge in [0.15, 0.2) is 5.58 Å². The minimum Gasteiger partial charge on any atom is -0.456 e. The molecule has 0 fully saturated rings. The van der Waals surface area contributed by atoms with Crippen molar-refractivity contribution in [2.45, 2.75) is 25.7 Å². The van der Waals surface area contributed by atoms with Crippen LogP contribution in [0.3, 0.4) is 0 Å². The Morgan fingerprint density at radius 3 is 2.66 bits per heavy atom. The molecular formula is C32H37ClN4O6S. The summed E-state index contributed by atoms with van der Waals surface area (Å²) in [6, 6.07) is 17.1. The third kappa shape index (κ3) is 10.4. The number of ether oxygens (including phenoxy) is 3. The molecule has 1 N–H and O–H groups in total. The minimum atomic E-state index is -0.479. The fraction of sp³-hybridized carbons (Fsp3) is 0.406. The number of nitrogens with zero attached hydrogens (tertiary/aromatic N) is 3. The van der Waals surface area contributed by atoms with Gasteiger partial charge in [-0.15, -0.1) is 22.9 Å². The number of furan rings is 1. The van der Waals surface area contributed by atoms with E-state index in [1.807, 2.05) is 54.4 Å². The number of alkyl carbamates (subject to hydrolysis) is 1. The van der Waals surface area contributed by atoms with E-state index in [4.69, 9.17) is 34.6 Å². The molecule has 4 rings (SSSR count). The van der Waals surface area contributed by atoms with Crippen molar-refractivity contribution in [3.63, 3.8) is 0 Å². The second kappa shape index (κ2) is 18.1. The third-order valence-corrected chi connectivity index (χ3v) is 7.97. The van der Waals surface area contributed by atoms with Crippen LogP contribution in [0, 0.1) is 11.3 Å². The molecule has 44 heavy (non-hydrogen) atoms. The van der Waals surface area contributed by atoms with Gasteiger partial charge in [-0.05, 0) is 49.2 Å². The lowest BCUT2D eigenvalue weighted by atomic mass is 10.2. The lowest BCUT2D eigenvalue weighted by Gasteiger charge is -2.16. The summed E-state index contributed by atoms with van der Waals surface area (Å²) >= 11 is 7.21. The molecule has 0 saturated heterocycles. The van der Waals surface area contributed by atoms with Crippen molar-refractivity contribution in [1.82, 2.24) is 10.3 Å². The summed E-state index contributed by atoms with van der Waals surface area (Å²) in [6.07, 6.45) is 5.49. The van der Waals surface area contributed by atoms with Gasteiger partial charge in [0.1, 0.15) is 35.3 Å². The molecule has 12 heteroatoms. The number of carbonyl (C=O) groups excluding carboxylic acids is 1. The Morgan fingerprint density at radius 1 is 1.02 bits per heavy atom. The van der Waals surface area contributed by atoms with E-state index in [9.17, 15) is 10.1 Å². The average Bonchev–Trinajstić information content (AvgIpc) is 3.80. The summed E-state index contributed by atoms with van der Waals surface area (Å²) in [5.74, 6) is 2.16. The van der Waals surface area contributed by atoms with E-state index in [2.05, 4.69) is 16.4 Å². The largest absolute Gasteiger partial charge is 0.456 e. The lowest BCUT2D eigenvalue weighted by molar-refractivity contribution is 0.0469. The molecule has 3 heterocycles. The fourth-order valence-corrected chi connectivity index (χ4v) is 5.28. The molecule has 0 radical (unpaired) electrons. The van der Waals surface area contributed by atoms with E-state index in [1.54, 1.807) is 23.5 Å². The molecule has 0 aliphatic heterocycles. The molecule has 0 aliphatic rings. The highest BCUT2D eigenvalue weighted by atomic mass is 35.5. The second-order valence-electron chi connectivity index (χ2n) is 9.81. The van der Waals surface area contributed by atoms with Gasteiger partial charge in [0, 0.05) is 32.2 Å². The number of thiophene rings is 1. The Labute approximate surface area is 266 Å². The molecule has 0 saturated carbocycles. The van der Waals surface area contributed by atoms with Crippen LogP contribution in [0.2, 0.25) is 0 Å². The van der Waals surface area contributed by atoms with Gasteiger partial charge in [-0.25, -0.2) is 9.78 Å². The SMILES string of the molecule is CN(CCOC(=O)NCCOCCOCCCCCCCl)c1ccc(-c2ccc(/C=C(\C#N)c3nc4ccccc4o3)o2)s1. The maximum absolute atomic E-state index is 12.0. The highest BCUT2D eigenvalue weighted by Crippen LogP contribution is 2.35. The van der Waals surface area contributed by atoms with Gasteiger partial charge < -0.3 is 33.3 Å². The van der Waals surface area contributed by atoms with Gasteiger partial charge in [-0.1, -0.05) is 25.0 Å². The predicted octanol–water partition coefficient (Wildman–Crippen LogP) is 7.21. The molecule has 0 bridgehead atoms. The number of likely N-dealkylation sites (N-methyl/N-ethyl adjacent to an activating group) is 1. The van der Waals surface area contributed by atoms with Crippen LogP contribution >= 0.6 is 22.9 Å². The molecule has 10 nitrogen and oxygen atoms in total. The number of para-hydroxylation sites is 2. The van der Waals surface area contributed by atoms with Crippen molar-refractivity contribution in [2.24, 2.45) is 0 Å². The van der Waals surface area contributed by atoms with Crippen LogP contribution in [-0.4, -0.2) is 70.1 Å². The number of hydrogen-bond acceptors (Lipinski definition) is 10. The Balaban J connectivity index is 1.13. The highest BCUT2D eigenvalue weighted by molar-refractivity contribution is 7.19. The standard InChI is InChI=1S/C32H37ClN4O6S/c1-37(16-19-41-32(38)35-15-18-40-21-20-39-17-7-3-2-6-14-33)30-13-12-29(44-30)28-11-10-25(42-28)22-24(23-34)31-36-26-8-4-5-9-27(26)43-31/h4-5,8-13,22H,2-3,6-7,14-21H2,1H3,(H,35,38)/b24-22+. The van der Waals surface area contributed by atoms with Crippen LogP contribution in [-0.2, 0) is 14.2 Å². The number of fused-ring (bicyclic) bond motifs is 1. The normalized spacial score (nSPS) is 11.5. The molecule has 234 valence electrons. The summed E-state index contributed by atoms with van der Waals surface area (Å²) in [7, 11) is 1.93. The number of halogens is 1. The minimum absolute atomic E-state index is 0.234. The van der Waals surface area contributed by atoms with Crippen molar-refractivity contribution in [1.29, 1.82) is 5.26 Å². The average molecular weight is 641 g/mol. The van der Waals surface area contributed by atoms with E-state index in [-0.39, 0.29) is 18.1 Å². The van der Waals surface area contributed by atoms with Crippen molar-refractivity contribution >= 4 is 56.8 Å². The number of carbonyl (C=O) groups is 1. The number of aromatic nitrogens is 1. The monoisotopic (exact) mass is 640 g/mol. The fourth-order valence-electron chi connectivity index (χ4n) is 4.14. The number of amides is 1. The summed E-state index contributed by atoms with van der Waals surface area (Å²) in [6.45, 7) is 3.28. The number of allylic oxidation sites excluding steroid dienone is 1. The molecule has 0 aliphatic carbocycles. The molecule has 0 spiro atoms. The van der Waals surface area contributed by atoms with Crippen molar-refractivity contribution in [3.8, 4) is 16.7 Å². The Kier molecular flexibility index (Phi) is 13.6. The first kappa shape index (κ1) is 33.1. The van der Waals surface area contributed by atoms with Crippen LogP contribution in [0.15, 0.2) is 57.4 Å². The van der Waals surface area contributed by atoms with Crippen LogP contribution in [0.1, 0.15) is 37.3 Å². The van der Waals surface area contributed by atoms with E-state index in [1.165, 1.54) is 0 Å². The maximum atomic E-state index is 12.0. The zero-order valence-electron chi connectivity index (χ0n) is 24.8. The lowest BCUT2D eigenvalue weighted by Crippen LogP contribution is -2.31. The third-order valence-electron chi connectivity index (χ3n) is 6.49. The van der Waals surface area contributed by atoms with Gasteiger partial charge in [0.05, 0.1) is 36.2 Å². The second-order valence-corrected chi connectivity index (χ2v) is 11.2. The van der Waals surface area contributed by atoms with Gasteiger partial charge in [-0.2, -0.15) is 5.26 Å². The van der Waals surface area contributed by atoms with E-state index >= 15 is 0 Å². The number of benzene rings is 1. The summed E-state index contributed by atoms with van der Waals surface area (Å²) in [4.78, 5) is 19.3. The van der Waals surface area contributed by atoms with Crippen LogP contribution < -0.4 is 10.2 Å². The number of rotatable bonds is 19. The Hall–Kier alpha value is -3.82. The number of nitriles is 1. The van der Waals surface area contributed by atoms with Crippen LogP contribution in [0.4, 0.5) is 9.80 Å². The smallest absolute Gasteiger partial charge is 0.407 e. The number of oxazole rings is 1. The Bertz CT molecular complexity index is 1490. The van der Waals surface area contributed by atoms with Gasteiger partial charge in [0.2, 0.25) is 5.89 Å². The molecule has 0 unspecified atom stereocenters. The van der Waals surface area contributed by atoms with Gasteiger partial charge >= 0.3 is 6.09 Å². The first-order chi connectivity index (χ1) is 21.6. The molecule has 4 aromatic rings. The maximum Gasteiger partial charge on any atom is 0.407 e. The molecule has 1 aromatic carbocycles. The zero-order chi connectivity index (χ0) is 31.0. The first-order valence-electron chi connectivity index (χ1n) is 14.6. The first-order valence-corrected chi connectivity index (χ1v) is 15.9. The summed E-state index contributed by atoms with van der Waals surface area (Å²) in [5, 5.41) is 13.4. The summed E-state index contributed by atoms with van der Waals surface area (Å²) in [5.41, 5.74) is 1.58. The number of hydrogen-bond donors (Lipinski definition) is 1. The van der Waals surface area contributed by atoms with E-state index in [0.29, 0.717) is 55.5 Å².